The number of benzene rings is 3. The molecule has 0 unspecified atom stereocenters. The van der Waals surface area contributed by atoms with Crippen LogP contribution in [0.5, 0.6) is 0 Å². The maximum atomic E-state index is 6.19. The Bertz CT molecular complexity index is 889. The van der Waals surface area contributed by atoms with Crippen LogP contribution < -0.4 is 0 Å². The van der Waals surface area contributed by atoms with E-state index in [0.29, 0.717) is 5.02 Å². The highest BCUT2D eigenvalue weighted by atomic mass is 35.5. The maximum Gasteiger partial charge on any atom is 0.154 e. The second-order valence-electron chi connectivity index (χ2n) is 4.38. The second-order valence-corrected chi connectivity index (χ2v) is 4.79. The van der Waals surface area contributed by atoms with Gasteiger partial charge in [-0.1, -0.05) is 54.1 Å². The quantitative estimate of drug-likeness (QED) is 0.409. The Labute approximate surface area is 109 Å². The zero-order valence-electron chi connectivity index (χ0n) is 9.48. The van der Waals surface area contributed by atoms with Gasteiger partial charge in [-0.3, -0.25) is 0 Å². The molecule has 0 aliphatic heterocycles. The molecule has 0 saturated heterocycles. The molecule has 0 aliphatic carbocycles. The topological polar surface area (TPSA) is 13.1 Å². The van der Waals surface area contributed by atoms with Crippen LogP contribution in [-0.2, 0) is 0 Å². The van der Waals surface area contributed by atoms with E-state index < -0.39 is 0 Å². The van der Waals surface area contributed by atoms with E-state index in [1.807, 2.05) is 30.3 Å². The molecule has 0 N–H and O–H groups in total. The van der Waals surface area contributed by atoms with Gasteiger partial charge in [-0.05, 0) is 22.9 Å². The van der Waals surface area contributed by atoms with Gasteiger partial charge in [0.05, 0.1) is 5.02 Å². The van der Waals surface area contributed by atoms with Crippen molar-refractivity contribution < 1.29 is 4.42 Å². The summed E-state index contributed by atoms with van der Waals surface area (Å²) in [5.41, 5.74) is 1.65. The number of fused-ring (bicyclic) bond motifs is 5. The van der Waals surface area contributed by atoms with Crippen molar-refractivity contribution in [2.75, 3.05) is 0 Å². The first-order chi connectivity index (χ1) is 8.84. The van der Waals surface area contributed by atoms with Crippen LogP contribution in [0.2, 0.25) is 5.02 Å². The molecule has 0 atom stereocenters. The highest BCUT2D eigenvalue weighted by Gasteiger charge is 2.11. The first-order valence-corrected chi connectivity index (χ1v) is 6.21. The number of halogens is 1. The van der Waals surface area contributed by atoms with E-state index in [-0.39, 0.29) is 0 Å². The summed E-state index contributed by atoms with van der Waals surface area (Å²) >= 11 is 6.19. The van der Waals surface area contributed by atoms with E-state index in [9.17, 15) is 0 Å². The van der Waals surface area contributed by atoms with Crippen molar-refractivity contribution in [1.29, 1.82) is 0 Å². The minimum absolute atomic E-state index is 0.660. The van der Waals surface area contributed by atoms with Crippen LogP contribution in [0.25, 0.3) is 32.7 Å². The highest BCUT2D eigenvalue weighted by Crippen LogP contribution is 2.37. The van der Waals surface area contributed by atoms with Crippen LogP contribution in [0.15, 0.2) is 59.0 Å². The first kappa shape index (κ1) is 9.98. The average Bonchev–Trinajstić information content (AvgIpc) is 2.79. The van der Waals surface area contributed by atoms with E-state index in [0.717, 1.165) is 21.9 Å². The molecule has 1 nitrogen and oxygen atoms in total. The Morgan fingerprint density at radius 2 is 1.61 bits per heavy atom. The molecule has 0 radical (unpaired) electrons. The van der Waals surface area contributed by atoms with E-state index in [4.69, 9.17) is 16.0 Å². The third-order valence-electron chi connectivity index (χ3n) is 3.34. The van der Waals surface area contributed by atoms with Gasteiger partial charge in [0.25, 0.3) is 0 Å². The smallest absolute Gasteiger partial charge is 0.154 e. The molecule has 0 aliphatic rings. The summed E-state index contributed by atoms with van der Waals surface area (Å²) in [6.07, 6.45) is 0. The summed E-state index contributed by atoms with van der Waals surface area (Å²) in [6, 6.07) is 18.3. The molecule has 1 aromatic heterocycles. The molecule has 86 valence electrons. The number of para-hydroxylation sites is 1. The van der Waals surface area contributed by atoms with Gasteiger partial charge < -0.3 is 4.42 Å². The summed E-state index contributed by atoms with van der Waals surface area (Å²) in [4.78, 5) is 0. The van der Waals surface area contributed by atoms with Gasteiger partial charge in [-0.25, -0.2) is 0 Å². The van der Waals surface area contributed by atoms with Crippen molar-refractivity contribution in [1.82, 2.24) is 0 Å². The van der Waals surface area contributed by atoms with Crippen LogP contribution in [-0.4, -0.2) is 0 Å². The third kappa shape index (κ3) is 1.22. The van der Waals surface area contributed by atoms with Crippen LogP contribution in [0.3, 0.4) is 0 Å². The van der Waals surface area contributed by atoms with Crippen LogP contribution in [0.4, 0.5) is 0 Å². The van der Waals surface area contributed by atoms with Gasteiger partial charge in [-0.15, -0.1) is 0 Å². The molecule has 3 aromatic carbocycles. The lowest BCUT2D eigenvalue weighted by atomic mass is 10.0. The Kier molecular flexibility index (Phi) is 1.94. The number of hydrogen-bond acceptors (Lipinski definition) is 1. The van der Waals surface area contributed by atoms with E-state index >= 15 is 0 Å². The molecule has 1 heterocycles. The van der Waals surface area contributed by atoms with Crippen molar-refractivity contribution in [2.24, 2.45) is 0 Å². The minimum atomic E-state index is 0.660. The lowest BCUT2D eigenvalue weighted by Gasteiger charge is -1.98. The Morgan fingerprint density at radius 3 is 2.56 bits per heavy atom. The highest BCUT2D eigenvalue weighted by molar-refractivity contribution is 6.36. The van der Waals surface area contributed by atoms with Crippen LogP contribution in [0.1, 0.15) is 0 Å². The number of rotatable bonds is 0. The molecule has 4 rings (SSSR count). The number of furan rings is 1. The molecule has 0 saturated carbocycles. The monoisotopic (exact) mass is 252 g/mol. The van der Waals surface area contributed by atoms with Crippen LogP contribution >= 0.6 is 11.6 Å². The fourth-order valence-electron chi connectivity index (χ4n) is 2.53. The SMILES string of the molecule is Clc1cccc2c1oc1ccc3ccccc3c12. The fourth-order valence-corrected chi connectivity index (χ4v) is 2.75. The van der Waals surface area contributed by atoms with Gasteiger partial charge in [-0.2, -0.15) is 0 Å². The maximum absolute atomic E-state index is 6.19. The molecule has 0 fully saturated rings. The second kappa shape index (κ2) is 3.50. The van der Waals surface area contributed by atoms with Crippen LogP contribution in [0, 0.1) is 0 Å². The first-order valence-electron chi connectivity index (χ1n) is 5.83. The van der Waals surface area contributed by atoms with E-state index in [2.05, 4.69) is 24.3 Å². The summed E-state index contributed by atoms with van der Waals surface area (Å²) in [7, 11) is 0. The van der Waals surface area contributed by atoms with Crippen molar-refractivity contribution >= 4 is 44.3 Å². The zero-order chi connectivity index (χ0) is 12.1. The van der Waals surface area contributed by atoms with E-state index in [1.54, 1.807) is 0 Å². The molecular formula is C16H9ClO. The molecule has 2 heteroatoms. The molecule has 0 bridgehead atoms. The Morgan fingerprint density at radius 1 is 0.778 bits per heavy atom. The minimum Gasteiger partial charge on any atom is -0.454 e. The predicted molar refractivity (Wildman–Crippen MR) is 76.2 cm³/mol. The Balaban J connectivity index is 2.37. The van der Waals surface area contributed by atoms with Gasteiger partial charge >= 0.3 is 0 Å². The molecule has 0 amide bonds. The fraction of sp³-hybridized carbons (Fsp3) is 0. The normalized spacial score (nSPS) is 11.6. The number of hydrogen-bond donors (Lipinski definition) is 0. The van der Waals surface area contributed by atoms with Crippen molar-refractivity contribution in [3.8, 4) is 0 Å². The average molecular weight is 253 g/mol. The lowest BCUT2D eigenvalue weighted by molar-refractivity contribution is 0.669. The Hall–Kier alpha value is -1.99. The molecule has 4 aromatic rings. The van der Waals surface area contributed by atoms with Gasteiger partial charge in [0, 0.05) is 10.8 Å². The van der Waals surface area contributed by atoms with E-state index in [1.165, 1.54) is 10.8 Å². The molecule has 0 spiro atoms. The summed E-state index contributed by atoms with van der Waals surface area (Å²) in [6.45, 7) is 0. The molecular weight excluding hydrogens is 244 g/mol. The summed E-state index contributed by atoms with van der Waals surface area (Å²) in [5.74, 6) is 0. The van der Waals surface area contributed by atoms with Crippen molar-refractivity contribution in [2.45, 2.75) is 0 Å². The predicted octanol–water partition coefficient (Wildman–Crippen LogP) is 5.39. The standard InChI is InChI=1S/C16H9ClO/c17-13-7-3-6-12-15-11-5-2-1-4-10(11)8-9-14(15)18-16(12)13/h1-9H. The van der Waals surface area contributed by atoms with Gasteiger partial charge in [0.1, 0.15) is 5.58 Å². The van der Waals surface area contributed by atoms with Gasteiger partial charge in [0.2, 0.25) is 0 Å². The molecule has 18 heavy (non-hydrogen) atoms. The summed E-state index contributed by atoms with van der Waals surface area (Å²) in [5, 5.41) is 5.30. The summed E-state index contributed by atoms with van der Waals surface area (Å²) < 4.78 is 5.86. The third-order valence-corrected chi connectivity index (χ3v) is 3.64. The lowest BCUT2D eigenvalue weighted by Crippen LogP contribution is -1.73. The largest absolute Gasteiger partial charge is 0.454 e. The zero-order valence-corrected chi connectivity index (χ0v) is 10.2. The van der Waals surface area contributed by atoms with Crippen molar-refractivity contribution in [3.63, 3.8) is 0 Å². The van der Waals surface area contributed by atoms with Gasteiger partial charge in [0.15, 0.2) is 5.58 Å². The van der Waals surface area contributed by atoms with Crippen molar-refractivity contribution in [3.05, 3.63) is 59.6 Å².